The SMILES string of the molecule is CN=C(NCCNC(=O)c1scnc1C)N(C)Cc1cccn1C.I. The number of carbonyl (C=O) groups is 1. The Kier molecular flexibility index (Phi) is 8.90. The minimum Gasteiger partial charge on any atom is -0.354 e. The number of hydrogen-bond donors (Lipinski definition) is 2. The van der Waals surface area contributed by atoms with Crippen molar-refractivity contribution in [2.75, 3.05) is 27.2 Å². The van der Waals surface area contributed by atoms with E-state index in [2.05, 4.69) is 31.2 Å². The second kappa shape index (κ2) is 10.4. The van der Waals surface area contributed by atoms with Gasteiger partial charge < -0.3 is 20.1 Å². The van der Waals surface area contributed by atoms with Gasteiger partial charge in [0, 0.05) is 46.1 Å². The van der Waals surface area contributed by atoms with Crippen LogP contribution in [-0.4, -0.2) is 53.5 Å². The van der Waals surface area contributed by atoms with Crippen molar-refractivity contribution in [2.45, 2.75) is 13.5 Å². The number of nitrogens with zero attached hydrogens (tertiary/aromatic N) is 4. The largest absolute Gasteiger partial charge is 0.354 e. The van der Waals surface area contributed by atoms with Gasteiger partial charge in [0.1, 0.15) is 4.88 Å². The lowest BCUT2D eigenvalue weighted by Crippen LogP contribution is -2.42. The van der Waals surface area contributed by atoms with E-state index in [1.54, 1.807) is 12.6 Å². The van der Waals surface area contributed by atoms with Crippen molar-refractivity contribution >= 4 is 47.2 Å². The van der Waals surface area contributed by atoms with E-state index in [1.165, 1.54) is 17.0 Å². The van der Waals surface area contributed by atoms with Gasteiger partial charge in [-0.15, -0.1) is 35.3 Å². The highest BCUT2D eigenvalue weighted by Crippen LogP contribution is 2.11. The average Bonchev–Trinajstić information content (AvgIpc) is 3.16. The maximum Gasteiger partial charge on any atom is 0.263 e. The second-order valence-electron chi connectivity index (χ2n) is 5.46. The molecule has 2 rings (SSSR count). The monoisotopic (exact) mass is 476 g/mol. The molecule has 0 saturated carbocycles. The van der Waals surface area contributed by atoms with E-state index in [0.717, 1.165) is 18.2 Å². The van der Waals surface area contributed by atoms with E-state index in [-0.39, 0.29) is 29.9 Å². The van der Waals surface area contributed by atoms with Gasteiger partial charge in [-0.2, -0.15) is 0 Å². The molecule has 0 fully saturated rings. The predicted octanol–water partition coefficient (Wildman–Crippen LogP) is 1.85. The van der Waals surface area contributed by atoms with Gasteiger partial charge in [0.2, 0.25) is 0 Å². The van der Waals surface area contributed by atoms with E-state index in [4.69, 9.17) is 0 Å². The zero-order valence-corrected chi connectivity index (χ0v) is 18.1. The third-order valence-corrected chi connectivity index (χ3v) is 4.60. The zero-order chi connectivity index (χ0) is 17.5. The topological polar surface area (TPSA) is 74.5 Å². The highest BCUT2D eigenvalue weighted by atomic mass is 127. The van der Waals surface area contributed by atoms with Crippen LogP contribution in [0.5, 0.6) is 0 Å². The van der Waals surface area contributed by atoms with E-state index in [1.807, 2.05) is 38.2 Å². The molecule has 2 heterocycles. The van der Waals surface area contributed by atoms with Gasteiger partial charge in [-0.1, -0.05) is 0 Å². The minimum absolute atomic E-state index is 0. The number of carbonyl (C=O) groups excluding carboxylic acids is 1. The molecule has 0 unspecified atom stereocenters. The number of amides is 1. The fourth-order valence-corrected chi connectivity index (χ4v) is 3.03. The molecule has 2 N–H and O–H groups in total. The molecule has 0 radical (unpaired) electrons. The maximum atomic E-state index is 12.0. The van der Waals surface area contributed by atoms with Gasteiger partial charge in [-0.25, -0.2) is 4.98 Å². The minimum atomic E-state index is -0.0797. The lowest BCUT2D eigenvalue weighted by molar-refractivity contribution is 0.0957. The van der Waals surface area contributed by atoms with Crippen LogP contribution in [0.4, 0.5) is 0 Å². The molecular formula is C16H25IN6OS. The van der Waals surface area contributed by atoms with Crippen molar-refractivity contribution < 1.29 is 4.79 Å². The van der Waals surface area contributed by atoms with Gasteiger partial charge in [-0.3, -0.25) is 9.79 Å². The summed E-state index contributed by atoms with van der Waals surface area (Å²) >= 11 is 1.36. The number of nitrogens with one attached hydrogen (secondary N) is 2. The lowest BCUT2D eigenvalue weighted by atomic mass is 10.4. The maximum absolute atomic E-state index is 12.0. The van der Waals surface area contributed by atoms with Crippen LogP contribution < -0.4 is 10.6 Å². The second-order valence-corrected chi connectivity index (χ2v) is 6.32. The first-order valence-corrected chi connectivity index (χ1v) is 8.61. The predicted molar refractivity (Wildman–Crippen MR) is 113 cm³/mol. The molecule has 1 amide bonds. The Hall–Kier alpha value is -1.62. The molecule has 0 spiro atoms. The molecule has 25 heavy (non-hydrogen) atoms. The van der Waals surface area contributed by atoms with Gasteiger partial charge >= 0.3 is 0 Å². The summed E-state index contributed by atoms with van der Waals surface area (Å²) in [5.74, 6) is 0.711. The number of aliphatic imine (C=N–C) groups is 1. The molecule has 2 aromatic rings. The molecule has 0 aliphatic rings. The summed E-state index contributed by atoms with van der Waals surface area (Å²) in [6.45, 7) is 3.72. The van der Waals surface area contributed by atoms with Crippen molar-refractivity contribution in [3.8, 4) is 0 Å². The molecule has 7 nitrogen and oxygen atoms in total. The van der Waals surface area contributed by atoms with Crippen molar-refractivity contribution in [3.63, 3.8) is 0 Å². The first-order chi connectivity index (χ1) is 11.5. The molecule has 0 aromatic carbocycles. The van der Waals surface area contributed by atoms with Gasteiger partial charge in [0.15, 0.2) is 5.96 Å². The third kappa shape index (κ3) is 5.99. The molecular weight excluding hydrogens is 451 g/mol. The molecule has 0 saturated heterocycles. The van der Waals surface area contributed by atoms with Crippen molar-refractivity contribution in [3.05, 3.63) is 40.1 Å². The lowest BCUT2D eigenvalue weighted by Gasteiger charge is -2.22. The smallest absolute Gasteiger partial charge is 0.263 e. The number of aromatic nitrogens is 2. The van der Waals surface area contributed by atoms with E-state index < -0.39 is 0 Å². The fourth-order valence-electron chi connectivity index (χ4n) is 2.31. The van der Waals surface area contributed by atoms with Crippen LogP contribution in [0.3, 0.4) is 0 Å². The third-order valence-electron chi connectivity index (χ3n) is 3.67. The Bertz CT molecular complexity index is 711. The summed E-state index contributed by atoms with van der Waals surface area (Å²) < 4.78 is 2.08. The highest BCUT2D eigenvalue weighted by molar-refractivity contribution is 14.0. The molecule has 0 aliphatic carbocycles. The summed E-state index contributed by atoms with van der Waals surface area (Å²) in [6, 6.07) is 4.11. The Labute approximate surface area is 169 Å². The Balaban J connectivity index is 0.00000312. The van der Waals surface area contributed by atoms with E-state index in [0.29, 0.717) is 18.0 Å². The summed E-state index contributed by atoms with van der Waals surface area (Å²) in [5.41, 5.74) is 3.65. The fraction of sp³-hybridized carbons (Fsp3) is 0.438. The van der Waals surface area contributed by atoms with Crippen molar-refractivity contribution in [1.29, 1.82) is 0 Å². The molecule has 138 valence electrons. The number of aryl methyl sites for hydroxylation is 2. The first-order valence-electron chi connectivity index (χ1n) is 7.73. The number of thiazole rings is 1. The van der Waals surface area contributed by atoms with Crippen LogP contribution >= 0.6 is 35.3 Å². The zero-order valence-electron chi connectivity index (χ0n) is 14.9. The average molecular weight is 476 g/mol. The van der Waals surface area contributed by atoms with Crippen LogP contribution in [0.15, 0.2) is 28.8 Å². The van der Waals surface area contributed by atoms with Crippen LogP contribution in [0, 0.1) is 6.92 Å². The highest BCUT2D eigenvalue weighted by Gasteiger charge is 2.11. The standard InChI is InChI=1S/C16H24N6OS.HI/c1-12-14(24-11-20-12)15(23)18-7-8-19-16(17-2)22(4)10-13-6-5-9-21(13)3;/h5-6,9,11H,7-8,10H2,1-4H3,(H,17,19)(H,18,23);1H. The van der Waals surface area contributed by atoms with E-state index >= 15 is 0 Å². The van der Waals surface area contributed by atoms with Gasteiger partial charge in [0.25, 0.3) is 5.91 Å². The Morgan fingerprint density at radius 3 is 2.68 bits per heavy atom. The summed E-state index contributed by atoms with van der Waals surface area (Å²) in [6.07, 6.45) is 2.02. The van der Waals surface area contributed by atoms with Gasteiger partial charge in [0.05, 0.1) is 17.7 Å². The van der Waals surface area contributed by atoms with Crippen LogP contribution in [0.2, 0.25) is 0 Å². The number of guanidine groups is 1. The van der Waals surface area contributed by atoms with Crippen LogP contribution in [0.1, 0.15) is 21.1 Å². The molecule has 0 aliphatic heterocycles. The summed E-state index contributed by atoms with van der Waals surface area (Å²) in [4.78, 5) is 23.1. The molecule has 2 aromatic heterocycles. The van der Waals surface area contributed by atoms with Crippen LogP contribution in [0.25, 0.3) is 0 Å². The van der Waals surface area contributed by atoms with Crippen molar-refractivity contribution in [1.82, 2.24) is 25.1 Å². The van der Waals surface area contributed by atoms with Crippen LogP contribution in [-0.2, 0) is 13.6 Å². The van der Waals surface area contributed by atoms with Gasteiger partial charge in [-0.05, 0) is 19.1 Å². The molecule has 0 atom stereocenters. The number of hydrogen-bond acceptors (Lipinski definition) is 4. The van der Waals surface area contributed by atoms with Crippen molar-refractivity contribution in [2.24, 2.45) is 12.0 Å². The number of halogens is 1. The quantitative estimate of drug-likeness (QED) is 0.289. The summed E-state index contributed by atoms with van der Waals surface area (Å²) in [5, 5.41) is 6.15. The summed E-state index contributed by atoms with van der Waals surface area (Å²) in [7, 11) is 5.76. The Morgan fingerprint density at radius 1 is 1.40 bits per heavy atom. The van der Waals surface area contributed by atoms with E-state index in [9.17, 15) is 4.79 Å². The normalized spacial score (nSPS) is 11.0. The molecule has 0 bridgehead atoms. The first kappa shape index (κ1) is 21.4. The molecule has 9 heteroatoms. The number of rotatable bonds is 6. The Morgan fingerprint density at radius 2 is 2.12 bits per heavy atom.